The van der Waals surface area contributed by atoms with E-state index in [2.05, 4.69) is 0 Å². The molecule has 0 aliphatic carbocycles. The first-order valence-corrected chi connectivity index (χ1v) is 8.19. The van der Waals surface area contributed by atoms with Crippen molar-refractivity contribution >= 4 is 17.6 Å². The lowest BCUT2D eigenvalue weighted by atomic mass is 10.1. The molecule has 0 heterocycles. The van der Waals surface area contributed by atoms with Crippen LogP contribution in [-0.2, 0) is 9.53 Å². The van der Waals surface area contributed by atoms with Gasteiger partial charge in [-0.3, -0.25) is 19.7 Å². The molecular weight excluding hydrogens is 326 g/mol. The van der Waals surface area contributed by atoms with Crippen LogP contribution in [0, 0.1) is 10.1 Å². The van der Waals surface area contributed by atoms with Gasteiger partial charge in [0.25, 0.3) is 11.6 Å². The Labute approximate surface area is 147 Å². The summed E-state index contributed by atoms with van der Waals surface area (Å²) >= 11 is 0. The summed E-state index contributed by atoms with van der Waals surface area (Å²) in [6.07, 6.45) is 0.878. The van der Waals surface area contributed by atoms with Crippen molar-refractivity contribution in [3.05, 3.63) is 39.9 Å². The Morgan fingerprint density at radius 1 is 1.12 bits per heavy atom. The summed E-state index contributed by atoms with van der Waals surface area (Å²) in [6.45, 7) is 3.59. The van der Waals surface area contributed by atoms with Gasteiger partial charge in [-0.2, -0.15) is 0 Å². The van der Waals surface area contributed by atoms with Crippen molar-refractivity contribution in [2.24, 2.45) is 0 Å². The molecule has 1 amide bonds. The van der Waals surface area contributed by atoms with Crippen molar-refractivity contribution in [2.75, 3.05) is 40.3 Å². The molecule has 0 unspecified atom stereocenters. The summed E-state index contributed by atoms with van der Waals surface area (Å²) in [5.74, 6) is -0.602. The Kier molecular flexibility index (Phi) is 8.55. The topological polar surface area (TPSA) is 93.0 Å². The van der Waals surface area contributed by atoms with Crippen LogP contribution in [0.15, 0.2) is 24.3 Å². The molecule has 1 aromatic rings. The molecule has 0 aromatic heterocycles. The Balaban J connectivity index is 2.78. The van der Waals surface area contributed by atoms with Crippen molar-refractivity contribution in [3.63, 3.8) is 0 Å². The van der Waals surface area contributed by atoms with Gasteiger partial charge in [0.15, 0.2) is 0 Å². The highest BCUT2D eigenvalue weighted by atomic mass is 16.6. The quantitative estimate of drug-likeness (QED) is 0.363. The SMILES string of the molecule is CCOC(=O)CCN(CCCN(C)C)C(=O)c1ccc([N+](=O)[O-])cc1. The normalized spacial score (nSPS) is 10.6. The van der Waals surface area contributed by atoms with Gasteiger partial charge in [0.2, 0.25) is 0 Å². The minimum absolute atomic E-state index is 0.0674. The molecule has 0 spiro atoms. The maximum absolute atomic E-state index is 12.7. The standard InChI is InChI=1S/C17H25N3O5/c1-4-25-16(21)10-13-19(12-5-11-18(2)3)17(22)14-6-8-15(9-7-14)20(23)24/h6-9H,4-5,10-13H2,1-3H3. The average molecular weight is 351 g/mol. The number of non-ortho nitro benzene ring substituents is 1. The van der Waals surface area contributed by atoms with E-state index >= 15 is 0 Å². The summed E-state index contributed by atoms with van der Waals surface area (Å²) in [7, 11) is 3.89. The molecule has 0 radical (unpaired) electrons. The van der Waals surface area contributed by atoms with Crippen LogP contribution >= 0.6 is 0 Å². The second-order valence-electron chi connectivity index (χ2n) is 5.81. The molecule has 8 heteroatoms. The third kappa shape index (κ3) is 7.30. The zero-order chi connectivity index (χ0) is 18.8. The number of rotatable bonds is 10. The highest BCUT2D eigenvalue weighted by Crippen LogP contribution is 2.14. The van der Waals surface area contributed by atoms with Crippen LogP contribution in [0.1, 0.15) is 30.1 Å². The summed E-state index contributed by atoms with van der Waals surface area (Å²) in [5, 5.41) is 10.7. The first kappa shape index (κ1) is 20.6. The van der Waals surface area contributed by atoms with Gasteiger partial charge in [-0.1, -0.05) is 0 Å². The lowest BCUT2D eigenvalue weighted by Crippen LogP contribution is -2.35. The van der Waals surface area contributed by atoms with Gasteiger partial charge in [0.1, 0.15) is 0 Å². The molecule has 0 fully saturated rings. The van der Waals surface area contributed by atoms with Crippen LogP contribution < -0.4 is 0 Å². The lowest BCUT2D eigenvalue weighted by molar-refractivity contribution is -0.384. The van der Waals surface area contributed by atoms with E-state index < -0.39 is 4.92 Å². The smallest absolute Gasteiger partial charge is 0.307 e. The summed E-state index contributed by atoms with van der Waals surface area (Å²) in [4.78, 5) is 38.0. The molecule has 0 atom stereocenters. The molecule has 0 aliphatic heterocycles. The third-order valence-corrected chi connectivity index (χ3v) is 3.54. The number of carbonyl (C=O) groups excluding carboxylic acids is 2. The number of nitrogens with zero attached hydrogens (tertiary/aromatic N) is 3. The zero-order valence-electron chi connectivity index (χ0n) is 14.9. The number of nitro benzene ring substituents is 1. The maximum atomic E-state index is 12.7. The van der Waals surface area contributed by atoms with Gasteiger partial charge in [0.05, 0.1) is 18.0 Å². The van der Waals surface area contributed by atoms with E-state index in [1.165, 1.54) is 24.3 Å². The Bertz CT molecular complexity index is 586. The molecule has 25 heavy (non-hydrogen) atoms. The average Bonchev–Trinajstić information content (AvgIpc) is 2.57. The van der Waals surface area contributed by atoms with Crippen molar-refractivity contribution in [2.45, 2.75) is 19.8 Å². The predicted molar refractivity (Wildman–Crippen MR) is 93.4 cm³/mol. The molecule has 8 nitrogen and oxygen atoms in total. The van der Waals surface area contributed by atoms with Crippen LogP contribution in [0.25, 0.3) is 0 Å². The van der Waals surface area contributed by atoms with Gasteiger partial charge in [0, 0.05) is 30.8 Å². The van der Waals surface area contributed by atoms with Crippen molar-refractivity contribution in [3.8, 4) is 0 Å². The van der Waals surface area contributed by atoms with E-state index in [1.54, 1.807) is 11.8 Å². The molecule has 0 bridgehead atoms. The van der Waals surface area contributed by atoms with Crippen molar-refractivity contribution in [1.82, 2.24) is 9.80 Å². The molecule has 0 aliphatic rings. The van der Waals surface area contributed by atoms with Crippen molar-refractivity contribution < 1.29 is 19.2 Å². The maximum Gasteiger partial charge on any atom is 0.307 e. The number of carbonyl (C=O) groups is 2. The van der Waals surface area contributed by atoms with Crippen LogP contribution in [0.5, 0.6) is 0 Å². The largest absolute Gasteiger partial charge is 0.466 e. The number of esters is 1. The summed E-state index contributed by atoms with van der Waals surface area (Å²) in [6, 6.07) is 5.47. The second-order valence-corrected chi connectivity index (χ2v) is 5.81. The Hall–Kier alpha value is -2.48. The molecule has 0 saturated carbocycles. The molecule has 0 saturated heterocycles. The summed E-state index contributed by atoms with van der Waals surface area (Å²) in [5.41, 5.74) is 0.293. The van der Waals surface area contributed by atoms with Gasteiger partial charge >= 0.3 is 5.97 Å². The van der Waals surface area contributed by atoms with Gasteiger partial charge in [-0.05, 0) is 46.1 Å². The van der Waals surface area contributed by atoms with E-state index in [-0.39, 0.29) is 30.5 Å². The molecular formula is C17H25N3O5. The monoisotopic (exact) mass is 351 g/mol. The van der Waals surface area contributed by atoms with Crippen LogP contribution in [0.3, 0.4) is 0 Å². The highest BCUT2D eigenvalue weighted by Gasteiger charge is 2.18. The van der Waals surface area contributed by atoms with Crippen LogP contribution in [0.4, 0.5) is 5.69 Å². The number of benzene rings is 1. The number of nitro groups is 1. The van der Waals surface area contributed by atoms with Crippen LogP contribution in [0.2, 0.25) is 0 Å². The molecule has 138 valence electrons. The third-order valence-electron chi connectivity index (χ3n) is 3.54. The Morgan fingerprint density at radius 2 is 1.76 bits per heavy atom. The van der Waals surface area contributed by atoms with E-state index in [0.717, 1.165) is 13.0 Å². The van der Waals surface area contributed by atoms with E-state index in [1.807, 2.05) is 19.0 Å². The predicted octanol–water partition coefficient (Wildman–Crippen LogP) is 1.94. The van der Waals surface area contributed by atoms with Crippen LogP contribution in [-0.4, -0.2) is 66.9 Å². The molecule has 1 aromatic carbocycles. The van der Waals surface area contributed by atoms with Crippen molar-refractivity contribution in [1.29, 1.82) is 0 Å². The van der Waals surface area contributed by atoms with E-state index in [0.29, 0.717) is 18.7 Å². The molecule has 0 N–H and O–H groups in total. The van der Waals surface area contributed by atoms with E-state index in [4.69, 9.17) is 4.74 Å². The first-order valence-electron chi connectivity index (χ1n) is 8.19. The lowest BCUT2D eigenvalue weighted by Gasteiger charge is -2.23. The number of ether oxygens (including phenoxy) is 1. The Morgan fingerprint density at radius 3 is 2.28 bits per heavy atom. The number of amides is 1. The second kappa shape index (κ2) is 10.4. The van der Waals surface area contributed by atoms with Gasteiger partial charge in [-0.15, -0.1) is 0 Å². The van der Waals surface area contributed by atoms with Gasteiger partial charge in [-0.25, -0.2) is 0 Å². The number of hydrogen-bond acceptors (Lipinski definition) is 6. The fourth-order valence-corrected chi connectivity index (χ4v) is 2.26. The molecule has 1 rings (SSSR count). The minimum atomic E-state index is -0.510. The number of hydrogen-bond donors (Lipinski definition) is 0. The van der Waals surface area contributed by atoms with Gasteiger partial charge < -0.3 is 14.5 Å². The first-order chi connectivity index (χ1) is 11.8. The fourth-order valence-electron chi connectivity index (χ4n) is 2.26. The fraction of sp³-hybridized carbons (Fsp3) is 0.529. The summed E-state index contributed by atoms with van der Waals surface area (Å²) < 4.78 is 4.90. The highest BCUT2D eigenvalue weighted by molar-refractivity contribution is 5.94. The van der Waals surface area contributed by atoms with E-state index in [9.17, 15) is 19.7 Å². The zero-order valence-corrected chi connectivity index (χ0v) is 14.9. The minimum Gasteiger partial charge on any atom is -0.466 e.